The highest BCUT2D eigenvalue weighted by molar-refractivity contribution is 6.30. The largest absolute Gasteiger partial charge is 0.489 e. The highest BCUT2D eigenvalue weighted by atomic mass is 35.5. The van der Waals surface area contributed by atoms with Gasteiger partial charge in [-0.05, 0) is 42.3 Å². The van der Waals surface area contributed by atoms with Crippen LogP contribution in [0.3, 0.4) is 0 Å². The number of rotatable bonds is 3. The Kier molecular flexibility index (Phi) is 3.87. The summed E-state index contributed by atoms with van der Waals surface area (Å²) in [5.41, 5.74) is 2.03. The smallest absolute Gasteiger partial charge is 0.129 e. The van der Waals surface area contributed by atoms with E-state index in [1.54, 1.807) is 18.3 Å². The Labute approximate surface area is 110 Å². The summed E-state index contributed by atoms with van der Waals surface area (Å²) in [6.45, 7) is 2.43. The predicted molar refractivity (Wildman–Crippen MR) is 69.8 cm³/mol. The zero-order valence-electron chi connectivity index (χ0n) is 9.28. The first-order chi connectivity index (χ1) is 8.15. The zero-order valence-corrected chi connectivity index (χ0v) is 10.8. The molecule has 0 aliphatic rings. The van der Waals surface area contributed by atoms with Gasteiger partial charge in [-0.25, -0.2) is 4.98 Å². The highest BCUT2D eigenvalue weighted by Crippen LogP contribution is 2.23. The van der Waals surface area contributed by atoms with Gasteiger partial charge in [-0.1, -0.05) is 29.3 Å². The van der Waals surface area contributed by atoms with Crippen LogP contribution in [0.2, 0.25) is 10.2 Å². The van der Waals surface area contributed by atoms with Crippen LogP contribution in [-0.2, 0) is 6.61 Å². The zero-order chi connectivity index (χ0) is 12.3. The summed E-state index contributed by atoms with van der Waals surface area (Å²) in [6, 6.07) is 9.22. The minimum absolute atomic E-state index is 0.448. The third kappa shape index (κ3) is 3.35. The Hall–Kier alpha value is -1.25. The summed E-state index contributed by atoms with van der Waals surface area (Å²) in [5, 5.41) is 1.13. The summed E-state index contributed by atoms with van der Waals surface area (Å²) >= 11 is 11.7. The third-order valence-electron chi connectivity index (χ3n) is 2.34. The number of hydrogen-bond donors (Lipinski definition) is 0. The Morgan fingerprint density at radius 2 is 2.00 bits per heavy atom. The molecule has 2 aromatic rings. The van der Waals surface area contributed by atoms with Crippen molar-refractivity contribution >= 4 is 23.2 Å². The van der Waals surface area contributed by atoms with Gasteiger partial charge in [0, 0.05) is 11.2 Å². The van der Waals surface area contributed by atoms with Crippen molar-refractivity contribution in [3.05, 3.63) is 57.8 Å². The Morgan fingerprint density at radius 3 is 2.76 bits per heavy atom. The Bertz CT molecular complexity index is 529. The third-order valence-corrected chi connectivity index (χ3v) is 2.78. The molecule has 0 radical (unpaired) electrons. The molecule has 0 aliphatic carbocycles. The first kappa shape index (κ1) is 12.2. The van der Waals surface area contributed by atoms with E-state index in [0.29, 0.717) is 16.8 Å². The fraction of sp³-hybridized carbons (Fsp3) is 0.154. The minimum atomic E-state index is 0.448. The molecule has 0 aliphatic heterocycles. The molecule has 17 heavy (non-hydrogen) atoms. The van der Waals surface area contributed by atoms with Gasteiger partial charge in [0.2, 0.25) is 0 Å². The number of aromatic nitrogens is 1. The summed E-state index contributed by atoms with van der Waals surface area (Å²) in [6.07, 6.45) is 1.66. The second kappa shape index (κ2) is 5.39. The average Bonchev–Trinajstić information content (AvgIpc) is 2.30. The molecular formula is C13H11Cl2NO. The monoisotopic (exact) mass is 267 g/mol. The van der Waals surface area contributed by atoms with Crippen molar-refractivity contribution in [3.63, 3.8) is 0 Å². The number of aryl methyl sites for hydroxylation is 1. The van der Waals surface area contributed by atoms with Gasteiger partial charge < -0.3 is 4.74 Å². The lowest BCUT2D eigenvalue weighted by atomic mass is 10.2. The number of halogens is 2. The normalized spacial score (nSPS) is 10.3. The SMILES string of the molecule is Cc1ccc(Cl)cc1OCc1ccnc(Cl)c1. The maximum atomic E-state index is 5.91. The fourth-order valence-corrected chi connectivity index (χ4v) is 1.78. The number of hydrogen-bond acceptors (Lipinski definition) is 2. The highest BCUT2D eigenvalue weighted by Gasteiger charge is 2.02. The van der Waals surface area contributed by atoms with Crippen molar-refractivity contribution in [2.75, 3.05) is 0 Å². The van der Waals surface area contributed by atoms with E-state index in [2.05, 4.69) is 4.98 Å². The van der Waals surface area contributed by atoms with Gasteiger partial charge in [-0.2, -0.15) is 0 Å². The van der Waals surface area contributed by atoms with Gasteiger partial charge in [0.25, 0.3) is 0 Å². The van der Waals surface area contributed by atoms with Gasteiger partial charge in [-0.3, -0.25) is 0 Å². The molecule has 0 fully saturated rings. The van der Waals surface area contributed by atoms with Gasteiger partial charge in [0.1, 0.15) is 17.5 Å². The van der Waals surface area contributed by atoms with Gasteiger partial charge in [-0.15, -0.1) is 0 Å². The van der Waals surface area contributed by atoms with E-state index in [9.17, 15) is 0 Å². The molecule has 4 heteroatoms. The van der Waals surface area contributed by atoms with Crippen LogP contribution in [0.1, 0.15) is 11.1 Å². The molecule has 0 amide bonds. The van der Waals surface area contributed by atoms with E-state index in [1.807, 2.05) is 25.1 Å². The molecule has 1 aromatic heterocycles. The molecule has 2 rings (SSSR count). The van der Waals surface area contributed by atoms with Crippen molar-refractivity contribution in [2.45, 2.75) is 13.5 Å². The van der Waals surface area contributed by atoms with Crippen LogP contribution in [0.15, 0.2) is 36.5 Å². The number of benzene rings is 1. The minimum Gasteiger partial charge on any atom is -0.489 e. The lowest BCUT2D eigenvalue weighted by Crippen LogP contribution is -1.97. The van der Waals surface area contributed by atoms with E-state index in [4.69, 9.17) is 27.9 Å². The van der Waals surface area contributed by atoms with Crippen LogP contribution in [0.25, 0.3) is 0 Å². The summed E-state index contributed by atoms with van der Waals surface area (Å²) in [7, 11) is 0. The van der Waals surface area contributed by atoms with Crippen molar-refractivity contribution in [1.29, 1.82) is 0 Å². The van der Waals surface area contributed by atoms with Gasteiger partial charge in [0.15, 0.2) is 0 Å². The van der Waals surface area contributed by atoms with Crippen LogP contribution in [0.5, 0.6) is 5.75 Å². The topological polar surface area (TPSA) is 22.1 Å². The standard InChI is InChI=1S/C13H11Cl2NO/c1-9-2-3-11(14)7-12(9)17-8-10-4-5-16-13(15)6-10/h2-7H,8H2,1H3. The Balaban J connectivity index is 2.09. The summed E-state index contributed by atoms with van der Waals surface area (Å²) < 4.78 is 5.69. The average molecular weight is 268 g/mol. The first-order valence-corrected chi connectivity index (χ1v) is 5.90. The van der Waals surface area contributed by atoms with Gasteiger partial charge in [0.05, 0.1) is 0 Å². The van der Waals surface area contributed by atoms with Crippen LogP contribution >= 0.6 is 23.2 Å². The van der Waals surface area contributed by atoms with Crippen molar-refractivity contribution in [2.24, 2.45) is 0 Å². The lowest BCUT2D eigenvalue weighted by Gasteiger charge is -2.09. The van der Waals surface area contributed by atoms with Crippen molar-refractivity contribution < 1.29 is 4.74 Å². The molecule has 1 aromatic carbocycles. The molecule has 0 spiro atoms. The maximum absolute atomic E-state index is 5.91. The molecule has 0 bridgehead atoms. The molecule has 0 N–H and O–H groups in total. The fourth-order valence-electron chi connectivity index (χ4n) is 1.42. The quantitative estimate of drug-likeness (QED) is 0.775. The lowest BCUT2D eigenvalue weighted by molar-refractivity contribution is 0.304. The molecule has 0 atom stereocenters. The predicted octanol–water partition coefficient (Wildman–Crippen LogP) is 4.28. The van der Waals surface area contributed by atoms with E-state index in [-0.39, 0.29) is 0 Å². The summed E-state index contributed by atoms with van der Waals surface area (Å²) in [4.78, 5) is 3.92. The van der Waals surface area contributed by atoms with Crippen LogP contribution in [-0.4, -0.2) is 4.98 Å². The van der Waals surface area contributed by atoms with Crippen molar-refractivity contribution in [3.8, 4) is 5.75 Å². The molecule has 2 nitrogen and oxygen atoms in total. The molecule has 0 saturated heterocycles. The van der Waals surface area contributed by atoms with Crippen LogP contribution < -0.4 is 4.74 Å². The van der Waals surface area contributed by atoms with Crippen molar-refractivity contribution in [1.82, 2.24) is 4.98 Å². The van der Waals surface area contributed by atoms with E-state index >= 15 is 0 Å². The summed E-state index contributed by atoms with van der Waals surface area (Å²) in [5.74, 6) is 0.783. The van der Waals surface area contributed by atoms with Crippen LogP contribution in [0, 0.1) is 6.92 Å². The maximum Gasteiger partial charge on any atom is 0.129 e. The van der Waals surface area contributed by atoms with E-state index in [1.165, 1.54) is 0 Å². The molecule has 88 valence electrons. The molecular weight excluding hydrogens is 257 g/mol. The molecule has 1 heterocycles. The van der Waals surface area contributed by atoms with E-state index < -0.39 is 0 Å². The number of nitrogens with zero attached hydrogens (tertiary/aromatic N) is 1. The van der Waals surface area contributed by atoms with E-state index in [0.717, 1.165) is 16.9 Å². The number of pyridine rings is 1. The van der Waals surface area contributed by atoms with Crippen LogP contribution in [0.4, 0.5) is 0 Å². The number of ether oxygens (including phenoxy) is 1. The Morgan fingerprint density at radius 1 is 1.18 bits per heavy atom. The molecule has 0 unspecified atom stereocenters. The first-order valence-electron chi connectivity index (χ1n) is 5.14. The molecule has 0 saturated carbocycles. The van der Waals surface area contributed by atoms with Gasteiger partial charge >= 0.3 is 0 Å². The second-order valence-electron chi connectivity index (χ2n) is 3.69. The second-order valence-corrected chi connectivity index (χ2v) is 4.51.